The zero-order valence-corrected chi connectivity index (χ0v) is 5.33. The second-order valence-corrected chi connectivity index (χ2v) is 2.04. The van der Waals surface area contributed by atoms with E-state index in [2.05, 4.69) is 17.1 Å². The van der Waals surface area contributed by atoms with Crippen molar-refractivity contribution in [2.45, 2.75) is 0 Å². The summed E-state index contributed by atoms with van der Waals surface area (Å²) in [6.07, 6.45) is 1.76. The number of nitrogens with zero attached hydrogens (tertiary/aromatic N) is 1. The Balaban J connectivity index is 2.89. The van der Waals surface area contributed by atoms with Crippen LogP contribution in [0.5, 0.6) is 0 Å². The van der Waals surface area contributed by atoms with E-state index in [1.807, 2.05) is 24.3 Å². The first-order valence-corrected chi connectivity index (χ1v) is 3.10. The summed E-state index contributed by atoms with van der Waals surface area (Å²) in [6, 6.07) is 13.5. The second kappa shape index (κ2) is 2.10. The highest BCUT2D eigenvalue weighted by Crippen LogP contribution is 2.06. The Morgan fingerprint density at radius 2 is 2.30 bits per heavy atom. The number of hydrogen-bond donors (Lipinski definition) is 0. The van der Waals surface area contributed by atoms with Crippen LogP contribution in [0.1, 0.15) is 0 Å². The molecule has 1 aromatic heterocycles. The van der Waals surface area contributed by atoms with E-state index < -0.39 is 0 Å². The number of hydrogen-bond acceptors (Lipinski definition) is 1. The molecular formula is C9H5N. The number of aromatic nitrogens is 1. The molecule has 1 aromatic carbocycles. The van der Waals surface area contributed by atoms with Crippen molar-refractivity contribution in [1.82, 2.24) is 4.98 Å². The molecule has 0 atom stereocenters. The van der Waals surface area contributed by atoms with E-state index in [9.17, 15) is 0 Å². The Kier molecular flexibility index (Phi) is 1.14. The molecule has 0 saturated heterocycles. The number of fused-ring (bicyclic) bond motifs is 1. The van der Waals surface area contributed by atoms with Crippen LogP contribution in [0.3, 0.4) is 0 Å². The molecule has 1 heteroatoms. The molecule has 1 nitrogen and oxygen atoms in total. The Hall–Kier alpha value is -1.37. The summed E-state index contributed by atoms with van der Waals surface area (Å²) < 4.78 is 0. The van der Waals surface area contributed by atoms with Crippen LogP contribution in [0, 0.1) is 12.1 Å². The van der Waals surface area contributed by atoms with E-state index >= 15 is 0 Å². The molecule has 46 valence electrons. The fourth-order valence-corrected chi connectivity index (χ4v) is 0.898. The molecule has 0 aliphatic heterocycles. The van der Waals surface area contributed by atoms with Gasteiger partial charge in [-0.2, -0.15) is 0 Å². The van der Waals surface area contributed by atoms with Crippen LogP contribution in [0.25, 0.3) is 10.9 Å². The molecule has 2 aromatic rings. The third-order valence-electron chi connectivity index (χ3n) is 1.38. The first-order valence-electron chi connectivity index (χ1n) is 3.10. The van der Waals surface area contributed by atoms with Crippen LogP contribution >= 0.6 is 0 Å². The minimum absolute atomic E-state index is 0.880. The minimum Gasteiger partial charge on any atom is -0.256 e. The first kappa shape index (κ1) is 5.42. The Morgan fingerprint density at radius 1 is 1.30 bits per heavy atom. The summed E-state index contributed by atoms with van der Waals surface area (Å²) in [7, 11) is 0. The van der Waals surface area contributed by atoms with Crippen molar-refractivity contribution in [3.63, 3.8) is 0 Å². The van der Waals surface area contributed by atoms with Gasteiger partial charge in [0.05, 0.1) is 5.52 Å². The fraction of sp³-hybridized carbons (Fsp3) is 0. The van der Waals surface area contributed by atoms with Gasteiger partial charge >= 0.3 is 0 Å². The lowest BCUT2D eigenvalue weighted by Crippen LogP contribution is -1.74. The summed E-state index contributed by atoms with van der Waals surface area (Å²) in [5, 5.41) is 1.11. The van der Waals surface area contributed by atoms with Crippen molar-refractivity contribution in [1.29, 1.82) is 0 Å². The Labute approximate surface area is 59.3 Å². The van der Waals surface area contributed by atoms with Crippen LogP contribution in [0.15, 0.2) is 30.5 Å². The van der Waals surface area contributed by atoms with Gasteiger partial charge in [-0.15, -0.1) is 0 Å². The maximum atomic E-state index is 4.09. The van der Waals surface area contributed by atoms with Gasteiger partial charge in [-0.1, -0.05) is 18.2 Å². The molecule has 0 amide bonds. The van der Waals surface area contributed by atoms with E-state index in [-0.39, 0.29) is 0 Å². The van der Waals surface area contributed by atoms with Crippen LogP contribution in [0.4, 0.5) is 0 Å². The van der Waals surface area contributed by atoms with Crippen molar-refractivity contribution in [3.05, 3.63) is 42.6 Å². The van der Waals surface area contributed by atoms with Crippen LogP contribution in [-0.4, -0.2) is 4.98 Å². The number of benzene rings is 1. The topological polar surface area (TPSA) is 12.9 Å². The van der Waals surface area contributed by atoms with E-state index in [0.717, 1.165) is 10.9 Å². The van der Waals surface area contributed by atoms with Gasteiger partial charge in [0.15, 0.2) is 0 Å². The molecule has 0 aliphatic carbocycles. The second-order valence-electron chi connectivity index (χ2n) is 2.04. The Bertz CT molecular complexity index is 276. The number of pyridine rings is 1. The van der Waals surface area contributed by atoms with Gasteiger partial charge in [0.1, 0.15) is 0 Å². The van der Waals surface area contributed by atoms with Crippen molar-refractivity contribution in [2.75, 3.05) is 0 Å². The van der Waals surface area contributed by atoms with Gasteiger partial charge in [-0.05, 0) is 12.1 Å². The minimum atomic E-state index is 0.880. The fourth-order valence-electron chi connectivity index (χ4n) is 0.898. The van der Waals surface area contributed by atoms with Crippen molar-refractivity contribution in [3.8, 4) is 0 Å². The molecule has 0 saturated carbocycles. The van der Waals surface area contributed by atoms with Crippen molar-refractivity contribution in [2.24, 2.45) is 0 Å². The summed E-state index contributed by atoms with van der Waals surface area (Å²) in [6.45, 7) is 0. The highest BCUT2D eigenvalue weighted by molar-refractivity contribution is 5.76. The first-order chi connectivity index (χ1) is 4.97. The highest BCUT2D eigenvalue weighted by atomic mass is 14.6. The predicted molar refractivity (Wildman–Crippen MR) is 39.4 cm³/mol. The molecule has 2 rings (SSSR count). The summed E-state index contributed by atoms with van der Waals surface area (Å²) >= 11 is 0. The molecule has 1 heterocycles. The lowest BCUT2D eigenvalue weighted by Gasteiger charge is -1.90. The van der Waals surface area contributed by atoms with Gasteiger partial charge < -0.3 is 0 Å². The average molecular weight is 127 g/mol. The van der Waals surface area contributed by atoms with Gasteiger partial charge in [-0.3, -0.25) is 4.98 Å². The maximum absolute atomic E-state index is 4.09. The normalized spacial score (nSPS) is 10.0. The average Bonchev–Trinajstić information content (AvgIpc) is 2.05. The molecule has 0 fully saturated rings. The maximum Gasteiger partial charge on any atom is 0.0787 e. The highest BCUT2D eigenvalue weighted by Gasteiger charge is 1.87. The van der Waals surface area contributed by atoms with Crippen molar-refractivity contribution < 1.29 is 0 Å². The Morgan fingerprint density at radius 3 is 3.20 bits per heavy atom. The van der Waals surface area contributed by atoms with E-state index in [1.54, 1.807) is 6.20 Å². The molecule has 0 aliphatic rings. The third kappa shape index (κ3) is 0.760. The van der Waals surface area contributed by atoms with Gasteiger partial charge in [0.2, 0.25) is 0 Å². The van der Waals surface area contributed by atoms with Crippen LogP contribution in [0.2, 0.25) is 0 Å². The standard InChI is InChI=1S/C9H5N/c1-2-6-9-8(4-1)5-3-7-10-9/h1,3-5,7H. The predicted octanol–water partition coefficient (Wildman–Crippen LogP) is 1.84. The lowest BCUT2D eigenvalue weighted by atomic mass is 10.2. The third-order valence-corrected chi connectivity index (χ3v) is 1.38. The van der Waals surface area contributed by atoms with Crippen LogP contribution < -0.4 is 0 Å². The molecule has 0 unspecified atom stereocenters. The molecule has 10 heavy (non-hydrogen) atoms. The zero-order valence-electron chi connectivity index (χ0n) is 5.33. The number of rotatable bonds is 0. The van der Waals surface area contributed by atoms with E-state index in [4.69, 9.17) is 0 Å². The SMILES string of the molecule is [c]1[c]c2ncccc2cc1. The van der Waals surface area contributed by atoms with Gasteiger partial charge in [0.25, 0.3) is 0 Å². The monoisotopic (exact) mass is 127 g/mol. The molecular weight excluding hydrogens is 122 g/mol. The quantitative estimate of drug-likeness (QED) is 0.526. The molecule has 2 radical (unpaired) electrons. The zero-order chi connectivity index (χ0) is 6.81. The lowest BCUT2D eigenvalue weighted by molar-refractivity contribution is 1.41. The molecule has 0 spiro atoms. The molecule has 0 bridgehead atoms. The van der Waals surface area contributed by atoms with Gasteiger partial charge in [-0.25, -0.2) is 0 Å². The van der Waals surface area contributed by atoms with E-state index in [1.165, 1.54) is 0 Å². The summed E-state index contributed by atoms with van der Waals surface area (Å²) in [5.74, 6) is 0. The summed E-state index contributed by atoms with van der Waals surface area (Å²) in [4.78, 5) is 4.09. The van der Waals surface area contributed by atoms with Gasteiger partial charge in [0, 0.05) is 17.6 Å². The summed E-state index contributed by atoms with van der Waals surface area (Å²) in [5.41, 5.74) is 0.880. The largest absolute Gasteiger partial charge is 0.256 e. The van der Waals surface area contributed by atoms with Crippen molar-refractivity contribution >= 4 is 10.9 Å². The molecule has 0 N–H and O–H groups in total. The van der Waals surface area contributed by atoms with Crippen LogP contribution in [-0.2, 0) is 0 Å². The smallest absolute Gasteiger partial charge is 0.0787 e. The van der Waals surface area contributed by atoms with E-state index in [0.29, 0.717) is 0 Å².